The van der Waals surface area contributed by atoms with Gasteiger partial charge in [0.15, 0.2) is 11.6 Å². The van der Waals surface area contributed by atoms with Crippen molar-refractivity contribution in [2.45, 2.75) is 37.8 Å². The first-order valence-corrected chi connectivity index (χ1v) is 12.4. The van der Waals surface area contributed by atoms with E-state index in [4.69, 9.17) is 16.9 Å². The highest BCUT2D eigenvalue weighted by Gasteiger charge is 2.48. The van der Waals surface area contributed by atoms with E-state index in [2.05, 4.69) is 22.0 Å². The van der Waals surface area contributed by atoms with Gasteiger partial charge < -0.3 is 16.0 Å². The molecule has 3 aromatic carbocycles. The number of fused-ring (bicyclic) bond motifs is 1. The molecule has 1 atom stereocenters. The SMILES string of the molecule is N#Cc1ccc(NCC(C2CCCCC2)C2(c3ccc(Cl)cc3)Nc3cc(F)c(F)cc3N2)cc1. The van der Waals surface area contributed by atoms with E-state index in [1.165, 1.54) is 18.6 Å². The van der Waals surface area contributed by atoms with Gasteiger partial charge in [0.25, 0.3) is 0 Å². The monoisotopic (exact) mass is 492 g/mol. The predicted molar refractivity (Wildman–Crippen MR) is 136 cm³/mol. The predicted octanol–water partition coefficient (Wildman–Crippen LogP) is 7.49. The van der Waals surface area contributed by atoms with Crippen molar-refractivity contribution < 1.29 is 8.78 Å². The number of benzene rings is 3. The Morgan fingerprint density at radius 2 is 1.54 bits per heavy atom. The summed E-state index contributed by atoms with van der Waals surface area (Å²) in [5.74, 6) is -1.34. The molecule has 5 rings (SSSR count). The van der Waals surface area contributed by atoms with Crippen molar-refractivity contribution in [3.8, 4) is 6.07 Å². The lowest BCUT2D eigenvalue weighted by atomic mass is 9.71. The largest absolute Gasteiger partial charge is 0.385 e. The smallest absolute Gasteiger partial charge is 0.161 e. The highest BCUT2D eigenvalue weighted by atomic mass is 35.5. The molecule has 0 radical (unpaired) electrons. The van der Waals surface area contributed by atoms with E-state index in [1.807, 2.05) is 36.4 Å². The van der Waals surface area contributed by atoms with Gasteiger partial charge in [-0.25, -0.2) is 8.78 Å². The molecule has 180 valence electrons. The van der Waals surface area contributed by atoms with Crippen molar-refractivity contribution in [1.82, 2.24) is 0 Å². The lowest BCUT2D eigenvalue weighted by Gasteiger charge is -2.44. The average Bonchev–Trinajstić information content (AvgIpc) is 3.24. The zero-order valence-corrected chi connectivity index (χ0v) is 20.0. The minimum Gasteiger partial charge on any atom is -0.385 e. The quantitative estimate of drug-likeness (QED) is 0.333. The van der Waals surface area contributed by atoms with Crippen LogP contribution in [0.5, 0.6) is 0 Å². The van der Waals surface area contributed by atoms with Crippen LogP contribution >= 0.6 is 11.6 Å². The van der Waals surface area contributed by atoms with Crippen LogP contribution in [0.15, 0.2) is 60.7 Å². The maximum Gasteiger partial charge on any atom is 0.161 e. The Morgan fingerprint density at radius 1 is 0.943 bits per heavy atom. The fraction of sp³-hybridized carbons (Fsp3) is 0.321. The van der Waals surface area contributed by atoms with E-state index in [-0.39, 0.29) is 5.92 Å². The Morgan fingerprint density at radius 3 is 2.11 bits per heavy atom. The van der Waals surface area contributed by atoms with Crippen molar-refractivity contribution in [2.24, 2.45) is 11.8 Å². The summed E-state index contributed by atoms with van der Waals surface area (Å²) in [5, 5.41) is 20.4. The second-order valence-corrected chi connectivity index (χ2v) is 9.89. The summed E-state index contributed by atoms with van der Waals surface area (Å²) in [6.45, 7) is 0.623. The van der Waals surface area contributed by atoms with Crippen LogP contribution in [0, 0.1) is 34.8 Å². The minimum atomic E-state index is -0.880. The number of rotatable bonds is 6. The molecule has 0 saturated heterocycles. The number of hydrogen-bond donors (Lipinski definition) is 3. The Kier molecular flexibility index (Phi) is 6.53. The van der Waals surface area contributed by atoms with Crippen LogP contribution in [0.4, 0.5) is 25.8 Å². The van der Waals surface area contributed by atoms with Gasteiger partial charge in [-0.3, -0.25) is 0 Å². The van der Waals surface area contributed by atoms with Gasteiger partial charge in [0, 0.05) is 35.3 Å². The van der Waals surface area contributed by atoms with E-state index in [0.29, 0.717) is 34.4 Å². The molecule has 1 unspecified atom stereocenters. The third-order valence-electron chi connectivity index (χ3n) is 7.34. The molecule has 35 heavy (non-hydrogen) atoms. The first kappa shape index (κ1) is 23.4. The molecular formula is C28H27ClF2N4. The van der Waals surface area contributed by atoms with Gasteiger partial charge in [-0.05, 0) is 60.7 Å². The van der Waals surface area contributed by atoms with Crippen LogP contribution in [0.3, 0.4) is 0 Å². The molecule has 0 bridgehead atoms. The molecule has 0 spiro atoms. The van der Waals surface area contributed by atoms with E-state index in [0.717, 1.165) is 36.9 Å². The third-order valence-corrected chi connectivity index (χ3v) is 7.59. The summed E-state index contributed by atoms with van der Waals surface area (Å²) in [7, 11) is 0. The van der Waals surface area contributed by atoms with Crippen LogP contribution in [0.1, 0.15) is 43.2 Å². The second kappa shape index (κ2) is 9.75. The zero-order valence-electron chi connectivity index (χ0n) is 19.3. The number of halogens is 3. The Labute approximate surface area is 209 Å². The summed E-state index contributed by atoms with van der Waals surface area (Å²) >= 11 is 6.21. The summed E-state index contributed by atoms with van der Waals surface area (Å²) in [5.41, 5.74) is 2.78. The lowest BCUT2D eigenvalue weighted by Crippen LogP contribution is -2.52. The molecule has 1 aliphatic heterocycles. The summed E-state index contributed by atoms with van der Waals surface area (Å²) < 4.78 is 28.3. The first-order valence-electron chi connectivity index (χ1n) is 12.0. The number of hydrogen-bond acceptors (Lipinski definition) is 4. The standard InChI is InChI=1S/C28H27ClF2N4/c29-21-10-8-20(9-11-21)28(34-26-14-24(30)25(31)15-27(26)35-28)23(19-4-2-1-3-5-19)17-33-22-12-6-18(16-32)7-13-22/h6-15,19,23,33-35H,1-5,17H2. The number of nitrogens with one attached hydrogen (secondary N) is 3. The van der Waals surface area contributed by atoms with Gasteiger partial charge in [0.05, 0.1) is 23.0 Å². The summed E-state index contributed by atoms with van der Waals surface area (Å²) in [6, 6.07) is 19.6. The zero-order chi connectivity index (χ0) is 24.4. The second-order valence-electron chi connectivity index (χ2n) is 9.45. The Balaban J connectivity index is 1.55. The molecule has 4 nitrogen and oxygen atoms in total. The lowest BCUT2D eigenvalue weighted by molar-refractivity contribution is 0.191. The summed E-state index contributed by atoms with van der Waals surface area (Å²) in [6.07, 6.45) is 5.70. The van der Waals surface area contributed by atoms with Crippen molar-refractivity contribution in [3.63, 3.8) is 0 Å². The molecule has 1 fully saturated rings. The van der Waals surface area contributed by atoms with E-state index in [1.54, 1.807) is 12.1 Å². The van der Waals surface area contributed by atoms with Gasteiger partial charge in [-0.1, -0.05) is 43.0 Å². The fourth-order valence-electron chi connectivity index (χ4n) is 5.57. The van der Waals surface area contributed by atoms with Crippen molar-refractivity contribution in [3.05, 3.63) is 88.4 Å². The van der Waals surface area contributed by atoms with Crippen molar-refractivity contribution >= 4 is 28.7 Å². The molecule has 1 heterocycles. The topological polar surface area (TPSA) is 59.9 Å². The fourth-order valence-corrected chi connectivity index (χ4v) is 5.69. The first-order chi connectivity index (χ1) is 17.0. The van der Waals surface area contributed by atoms with E-state index >= 15 is 0 Å². The molecule has 1 aliphatic carbocycles. The molecule has 7 heteroatoms. The van der Waals surface area contributed by atoms with E-state index < -0.39 is 17.3 Å². The number of nitrogens with zero attached hydrogens (tertiary/aromatic N) is 1. The van der Waals surface area contributed by atoms with Gasteiger partial charge in [-0.15, -0.1) is 0 Å². The van der Waals surface area contributed by atoms with Crippen LogP contribution < -0.4 is 16.0 Å². The molecule has 3 N–H and O–H groups in total. The van der Waals surface area contributed by atoms with Gasteiger partial charge >= 0.3 is 0 Å². The number of anilines is 3. The molecule has 0 aromatic heterocycles. The van der Waals surface area contributed by atoms with Gasteiger partial charge in [0.1, 0.15) is 5.66 Å². The maximum atomic E-state index is 14.2. The maximum absolute atomic E-state index is 14.2. The Hall–Kier alpha value is -3.30. The van der Waals surface area contributed by atoms with Gasteiger partial charge in [0.2, 0.25) is 0 Å². The van der Waals surface area contributed by atoms with Crippen LogP contribution in [-0.2, 0) is 5.66 Å². The summed E-state index contributed by atoms with van der Waals surface area (Å²) in [4.78, 5) is 0. The van der Waals surface area contributed by atoms with Crippen LogP contribution in [0.2, 0.25) is 5.02 Å². The van der Waals surface area contributed by atoms with Crippen molar-refractivity contribution in [2.75, 3.05) is 22.5 Å². The minimum absolute atomic E-state index is 0.0399. The third kappa shape index (κ3) is 4.66. The molecular weight excluding hydrogens is 466 g/mol. The highest BCUT2D eigenvalue weighted by molar-refractivity contribution is 6.30. The van der Waals surface area contributed by atoms with E-state index in [9.17, 15) is 8.78 Å². The van der Waals surface area contributed by atoms with Crippen molar-refractivity contribution in [1.29, 1.82) is 5.26 Å². The van der Waals surface area contributed by atoms with Crippen LogP contribution in [-0.4, -0.2) is 6.54 Å². The number of nitriles is 1. The van der Waals surface area contributed by atoms with Crippen LogP contribution in [0.25, 0.3) is 0 Å². The highest BCUT2D eigenvalue weighted by Crippen LogP contribution is 2.49. The normalized spacial score (nSPS) is 17.5. The molecule has 3 aromatic rings. The van der Waals surface area contributed by atoms with Gasteiger partial charge in [-0.2, -0.15) is 5.26 Å². The average molecular weight is 493 g/mol. The molecule has 1 saturated carbocycles. The Bertz CT molecular complexity index is 1200. The molecule has 0 amide bonds. The molecule has 2 aliphatic rings.